The highest BCUT2D eigenvalue weighted by molar-refractivity contribution is 6.10. The lowest BCUT2D eigenvalue weighted by atomic mass is 9.80. The van der Waals surface area contributed by atoms with Crippen LogP contribution in [0.2, 0.25) is 0 Å². The monoisotopic (exact) mass is 278 g/mol. The van der Waals surface area contributed by atoms with Gasteiger partial charge in [0.25, 0.3) is 0 Å². The molecule has 1 heteroatoms. The van der Waals surface area contributed by atoms with Crippen molar-refractivity contribution in [1.82, 2.24) is 0 Å². The highest BCUT2D eigenvalue weighted by Gasteiger charge is 2.20. The topological polar surface area (TPSA) is 0 Å². The Kier molecular flexibility index (Phi) is 2.78. The van der Waals surface area contributed by atoms with E-state index in [9.17, 15) is 4.39 Å². The molecule has 4 rings (SSSR count). The first-order valence-corrected chi connectivity index (χ1v) is 7.79. The van der Waals surface area contributed by atoms with E-state index in [0.29, 0.717) is 5.92 Å². The van der Waals surface area contributed by atoms with Crippen molar-refractivity contribution in [2.24, 2.45) is 0 Å². The van der Waals surface area contributed by atoms with E-state index in [1.165, 1.54) is 52.1 Å². The first-order valence-electron chi connectivity index (χ1n) is 7.79. The Bertz CT molecular complexity index is 861. The second-order valence-electron chi connectivity index (χ2n) is 6.41. The van der Waals surface area contributed by atoms with Crippen molar-refractivity contribution in [3.8, 4) is 0 Å². The lowest BCUT2D eigenvalue weighted by Crippen LogP contribution is -2.07. The van der Waals surface area contributed by atoms with Gasteiger partial charge < -0.3 is 0 Å². The van der Waals surface area contributed by atoms with Gasteiger partial charge in [0, 0.05) is 0 Å². The van der Waals surface area contributed by atoms with Gasteiger partial charge in [-0.25, -0.2) is 4.39 Å². The number of aryl methyl sites for hydroxylation is 2. The highest BCUT2D eigenvalue weighted by Crippen LogP contribution is 2.39. The van der Waals surface area contributed by atoms with Gasteiger partial charge in [0.05, 0.1) is 0 Å². The molecule has 0 spiro atoms. The van der Waals surface area contributed by atoms with Crippen LogP contribution in [0.15, 0.2) is 36.4 Å². The summed E-state index contributed by atoms with van der Waals surface area (Å²) >= 11 is 0. The number of hydrogen-bond donors (Lipinski definition) is 0. The van der Waals surface area contributed by atoms with Crippen molar-refractivity contribution in [2.45, 2.75) is 39.0 Å². The summed E-state index contributed by atoms with van der Waals surface area (Å²) in [5.41, 5.74) is 4.19. The zero-order valence-corrected chi connectivity index (χ0v) is 12.5. The Morgan fingerprint density at radius 1 is 0.952 bits per heavy atom. The average molecular weight is 278 g/mol. The standard InChI is InChI=1S/C20H19F/c1-12-4-3-5-14-6-8-17-16-9-7-15(21)11-18(16)13(2)10-19(17)20(12)14/h6-12H,3-5H2,1-2H3. The van der Waals surface area contributed by atoms with Gasteiger partial charge in [-0.3, -0.25) is 0 Å². The maximum absolute atomic E-state index is 13.6. The first-order chi connectivity index (χ1) is 10.1. The predicted octanol–water partition coefficient (Wildman–Crippen LogP) is 5.88. The Balaban J connectivity index is 2.17. The third kappa shape index (κ3) is 1.87. The quantitative estimate of drug-likeness (QED) is 0.450. The molecule has 21 heavy (non-hydrogen) atoms. The maximum Gasteiger partial charge on any atom is 0.123 e. The molecule has 1 aliphatic rings. The van der Waals surface area contributed by atoms with Gasteiger partial charge in [-0.15, -0.1) is 0 Å². The first kappa shape index (κ1) is 12.8. The molecule has 0 radical (unpaired) electrons. The second-order valence-corrected chi connectivity index (χ2v) is 6.41. The minimum Gasteiger partial charge on any atom is -0.207 e. The Labute approximate surface area is 124 Å². The molecular formula is C20H19F. The normalized spacial score (nSPS) is 18.1. The average Bonchev–Trinajstić information content (AvgIpc) is 2.47. The van der Waals surface area contributed by atoms with E-state index in [1.54, 1.807) is 12.1 Å². The molecule has 0 nitrogen and oxygen atoms in total. The van der Waals surface area contributed by atoms with Crippen LogP contribution in [0.1, 0.15) is 42.4 Å². The summed E-state index contributed by atoms with van der Waals surface area (Å²) in [5, 5.41) is 4.84. The highest BCUT2D eigenvalue weighted by atomic mass is 19.1. The zero-order chi connectivity index (χ0) is 14.6. The molecule has 0 N–H and O–H groups in total. The van der Waals surface area contributed by atoms with Crippen LogP contribution in [0.25, 0.3) is 21.5 Å². The van der Waals surface area contributed by atoms with E-state index in [-0.39, 0.29) is 5.82 Å². The summed E-state index contributed by atoms with van der Waals surface area (Å²) in [6.07, 6.45) is 3.75. The Morgan fingerprint density at radius 2 is 1.71 bits per heavy atom. The summed E-state index contributed by atoms with van der Waals surface area (Å²) in [7, 11) is 0. The molecule has 106 valence electrons. The fourth-order valence-electron chi connectivity index (χ4n) is 3.99. The van der Waals surface area contributed by atoms with Crippen molar-refractivity contribution < 1.29 is 4.39 Å². The summed E-state index contributed by atoms with van der Waals surface area (Å²) in [6.45, 7) is 4.43. The molecule has 0 aromatic heterocycles. The minimum absolute atomic E-state index is 0.156. The second kappa shape index (κ2) is 4.56. The van der Waals surface area contributed by atoms with Gasteiger partial charge in [-0.2, -0.15) is 0 Å². The molecule has 1 aliphatic carbocycles. The van der Waals surface area contributed by atoms with Gasteiger partial charge in [0.1, 0.15) is 5.82 Å². The molecule has 0 saturated carbocycles. The van der Waals surface area contributed by atoms with Crippen LogP contribution in [-0.2, 0) is 6.42 Å². The Morgan fingerprint density at radius 3 is 2.57 bits per heavy atom. The Hall–Kier alpha value is -1.89. The van der Waals surface area contributed by atoms with Crippen LogP contribution < -0.4 is 0 Å². The van der Waals surface area contributed by atoms with Gasteiger partial charge >= 0.3 is 0 Å². The van der Waals surface area contributed by atoms with Gasteiger partial charge in [0.2, 0.25) is 0 Å². The molecule has 0 aliphatic heterocycles. The molecule has 0 bridgehead atoms. The van der Waals surface area contributed by atoms with E-state index < -0.39 is 0 Å². The van der Waals surface area contributed by atoms with Crippen molar-refractivity contribution in [3.05, 3.63) is 58.9 Å². The molecule has 0 fully saturated rings. The molecule has 3 aromatic rings. The summed E-state index contributed by atoms with van der Waals surface area (Å²) in [6, 6.07) is 11.9. The van der Waals surface area contributed by atoms with E-state index in [4.69, 9.17) is 0 Å². The third-order valence-corrected chi connectivity index (χ3v) is 5.01. The van der Waals surface area contributed by atoms with Crippen molar-refractivity contribution in [2.75, 3.05) is 0 Å². The van der Waals surface area contributed by atoms with Gasteiger partial charge in [-0.05, 0) is 82.5 Å². The van der Waals surface area contributed by atoms with Gasteiger partial charge in [0.15, 0.2) is 0 Å². The van der Waals surface area contributed by atoms with Crippen LogP contribution in [0.4, 0.5) is 4.39 Å². The van der Waals surface area contributed by atoms with E-state index in [2.05, 4.69) is 32.0 Å². The maximum atomic E-state index is 13.6. The largest absolute Gasteiger partial charge is 0.207 e. The fraction of sp³-hybridized carbons (Fsp3) is 0.300. The van der Waals surface area contributed by atoms with Crippen LogP contribution in [0, 0.1) is 12.7 Å². The van der Waals surface area contributed by atoms with E-state index >= 15 is 0 Å². The minimum atomic E-state index is -0.156. The molecule has 0 heterocycles. The zero-order valence-electron chi connectivity index (χ0n) is 12.5. The lowest BCUT2D eigenvalue weighted by Gasteiger charge is -2.25. The number of benzene rings is 3. The third-order valence-electron chi connectivity index (χ3n) is 5.01. The molecular weight excluding hydrogens is 259 g/mol. The fourth-order valence-corrected chi connectivity index (χ4v) is 3.99. The number of rotatable bonds is 0. The van der Waals surface area contributed by atoms with Crippen LogP contribution >= 0.6 is 0 Å². The summed E-state index contributed by atoms with van der Waals surface area (Å²) in [5.74, 6) is 0.464. The van der Waals surface area contributed by atoms with Gasteiger partial charge in [-0.1, -0.05) is 31.2 Å². The van der Waals surface area contributed by atoms with E-state index in [0.717, 1.165) is 5.39 Å². The predicted molar refractivity (Wildman–Crippen MR) is 87.5 cm³/mol. The summed E-state index contributed by atoms with van der Waals surface area (Å²) in [4.78, 5) is 0. The number of fused-ring (bicyclic) bond motifs is 5. The van der Waals surface area contributed by atoms with Crippen LogP contribution in [0.5, 0.6) is 0 Å². The molecule has 1 unspecified atom stereocenters. The molecule has 1 atom stereocenters. The summed E-state index contributed by atoms with van der Waals surface area (Å²) < 4.78 is 13.6. The lowest BCUT2D eigenvalue weighted by molar-refractivity contribution is 0.595. The molecule has 0 amide bonds. The molecule has 3 aromatic carbocycles. The van der Waals surface area contributed by atoms with Crippen molar-refractivity contribution >= 4 is 21.5 Å². The van der Waals surface area contributed by atoms with Crippen molar-refractivity contribution in [3.63, 3.8) is 0 Å². The smallest absolute Gasteiger partial charge is 0.123 e. The van der Waals surface area contributed by atoms with E-state index in [1.807, 2.05) is 6.07 Å². The molecule has 0 saturated heterocycles. The number of hydrogen-bond acceptors (Lipinski definition) is 0. The van der Waals surface area contributed by atoms with Crippen LogP contribution in [-0.4, -0.2) is 0 Å². The van der Waals surface area contributed by atoms with Crippen LogP contribution in [0.3, 0.4) is 0 Å². The van der Waals surface area contributed by atoms with Crippen molar-refractivity contribution in [1.29, 1.82) is 0 Å². The SMILES string of the molecule is Cc1cc2c3c(ccc2c2ccc(F)cc12)CCCC3C. The number of halogens is 1.